The Bertz CT molecular complexity index is 1460. The number of hydrogen-bond donors (Lipinski definition) is 2. The van der Waals surface area contributed by atoms with Gasteiger partial charge in [-0.05, 0) is 36.2 Å². The zero-order chi connectivity index (χ0) is 27.8. The summed E-state index contributed by atoms with van der Waals surface area (Å²) in [5.41, 5.74) is 8.10. The number of fused-ring (bicyclic) bond motifs is 1. The Balaban J connectivity index is 0.000000336. The lowest BCUT2D eigenvalue weighted by Gasteiger charge is -2.10. The number of benzene rings is 2. The minimum Gasteiger partial charge on any atom is -0.496 e. The molecule has 0 radical (unpaired) electrons. The third kappa shape index (κ3) is 5.67. The zero-order valence-corrected chi connectivity index (χ0v) is 21.1. The van der Waals surface area contributed by atoms with E-state index in [2.05, 4.69) is 15.5 Å². The molecule has 9 nitrogen and oxygen atoms in total. The van der Waals surface area contributed by atoms with Crippen LogP contribution in [-0.2, 0) is 11.3 Å². The van der Waals surface area contributed by atoms with Gasteiger partial charge < -0.3 is 15.8 Å². The third-order valence-electron chi connectivity index (χ3n) is 5.60. The lowest BCUT2D eigenvalue weighted by molar-refractivity contribution is -0.109. The second-order valence-corrected chi connectivity index (χ2v) is 8.35. The van der Waals surface area contributed by atoms with Gasteiger partial charge in [-0.25, -0.2) is 17.9 Å². The molecule has 2 heterocycles. The average Bonchev–Trinajstić information content (AvgIpc) is 3.50. The highest BCUT2D eigenvalue weighted by Crippen LogP contribution is 2.36. The Morgan fingerprint density at radius 1 is 1.29 bits per heavy atom. The molecule has 1 amide bonds. The summed E-state index contributed by atoms with van der Waals surface area (Å²) >= 11 is -0.138. The van der Waals surface area contributed by atoms with Gasteiger partial charge in [0.05, 0.1) is 18.8 Å². The molecular formula is C24H23F4N7O2S. The van der Waals surface area contributed by atoms with Gasteiger partial charge in [-0.1, -0.05) is 12.1 Å². The Hall–Kier alpha value is -4.25. The van der Waals surface area contributed by atoms with E-state index in [9.17, 15) is 27.1 Å². The summed E-state index contributed by atoms with van der Waals surface area (Å²) < 4.78 is 58.8. The number of nitriles is 1. The number of nitrogens with one attached hydrogen (secondary N) is 1. The van der Waals surface area contributed by atoms with Crippen LogP contribution in [-0.4, -0.2) is 45.8 Å². The lowest BCUT2D eigenvalue weighted by Crippen LogP contribution is -2.17. The molecule has 0 aliphatic heterocycles. The van der Waals surface area contributed by atoms with Crippen molar-refractivity contribution in [2.24, 2.45) is 0 Å². The number of hydrogen-bond acceptors (Lipinski definition) is 7. The fourth-order valence-electron chi connectivity index (χ4n) is 3.77. The maximum absolute atomic E-state index is 13.3. The van der Waals surface area contributed by atoms with Crippen LogP contribution < -0.4 is 15.8 Å². The van der Waals surface area contributed by atoms with Crippen LogP contribution in [0.25, 0.3) is 22.2 Å². The maximum Gasteiger partial charge on any atom is 0.207 e. The normalized spacial score (nSPS) is 10.7. The monoisotopic (exact) mass is 549 g/mol. The molecule has 0 bridgehead atoms. The van der Waals surface area contributed by atoms with Gasteiger partial charge in [0.2, 0.25) is 6.41 Å². The molecular weight excluding hydrogens is 526 g/mol. The SMILES string of the molecule is COc1ccc(F)cc1C.N#Cc1c(-c2ccc(CNC=O)c3c2cnn3SF)nn(C(CF)CF)c1N. The summed E-state index contributed by atoms with van der Waals surface area (Å²) in [5.74, 6) is 0.338. The van der Waals surface area contributed by atoms with Crippen molar-refractivity contribution in [2.75, 3.05) is 26.2 Å². The molecule has 0 saturated carbocycles. The number of alkyl halides is 2. The predicted octanol–water partition coefficient (Wildman–Crippen LogP) is 4.60. The number of halogens is 4. The predicted molar refractivity (Wildman–Crippen MR) is 136 cm³/mol. The Kier molecular flexibility index (Phi) is 9.55. The standard InChI is InChI=1S/C16H14F3N7OS.C8H9FO/c17-3-10(4-18)25-16(21)12(5-20)14(24-25)11-2-1-9(6-22-8-27)15-13(11)7-23-26(15)28-19;1-6-5-7(9)3-4-8(6)10-2/h1-2,7-8,10H,3-4,6,21H2,(H,22,27);3-5H,1-2H3. The van der Waals surface area contributed by atoms with Crippen LogP contribution in [0.4, 0.5) is 22.9 Å². The van der Waals surface area contributed by atoms with Crippen molar-refractivity contribution >= 4 is 35.5 Å². The van der Waals surface area contributed by atoms with Crippen LogP contribution in [0.2, 0.25) is 0 Å². The largest absolute Gasteiger partial charge is 0.496 e. The van der Waals surface area contributed by atoms with Crippen molar-refractivity contribution in [3.63, 3.8) is 0 Å². The van der Waals surface area contributed by atoms with Crippen LogP contribution >= 0.6 is 12.3 Å². The summed E-state index contributed by atoms with van der Waals surface area (Å²) in [6.07, 6.45) is 1.88. The van der Waals surface area contributed by atoms with Gasteiger partial charge in [-0.3, -0.25) is 4.79 Å². The zero-order valence-electron chi connectivity index (χ0n) is 20.3. The Labute approximate surface area is 219 Å². The van der Waals surface area contributed by atoms with Crippen molar-refractivity contribution in [1.29, 1.82) is 5.26 Å². The molecule has 4 rings (SSSR count). The van der Waals surface area contributed by atoms with Crippen molar-refractivity contribution < 1.29 is 26.6 Å². The fourth-order valence-corrected chi connectivity index (χ4v) is 4.14. The van der Waals surface area contributed by atoms with Gasteiger partial charge in [-0.2, -0.15) is 19.5 Å². The van der Waals surface area contributed by atoms with E-state index >= 15 is 0 Å². The summed E-state index contributed by atoms with van der Waals surface area (Å²) in [6, 6.07) is 8.30. The van der Waals surface area contributed by atoms with E-state index in [1.807, 2.05) is 13.0 Å². The number of carbonyl (C=O) groups is 1. The number of aromatic nitrogens is 4. The molecule has 0 aliphatic rings. The number of methoxy groups -OCH3 is 1. The number of nitrogens with zero attached hydrogens (tertiary/aromatic N) is 5. The van der Waals surface area contributed by atoms with Gasteiger partial charge in [0.1, 0.15) is 54.1 Å². The van der Waals surface area contributed by atoms with Gasteiger partial charge in [0.25, 0.3) is 0 Å². The summed E-state index contributed by atoms with van der Waals surface area (Å²) in [6.45, 7) is -0.161. The Morgan fingerprint density at radius 2 is 2.03 bits per heavy atom. The van der Waals surface area contributed by atoms with Gasteiger partial charge in [0, 0.05) is 17.5 Å². The number of amides is 1. The molecule has 2 aromatic carbocycles. The average molecular weight is 550 g/mol. The first-order chi connectivity index (χ1) is 18.3. The van der Waals surface area contributed by atoms with Crippen LogP contribution in [0.3, 0.4) is 0 Å². The van der Waals surface area contributed by atoms with E-state index in [4.69, 9.17) is 10.5 Å². The molecule has 0 aliphatic carbocycles. The highest BCUT2D eigenvalue weighted by Gasteiger charge is 2.25. The lowest BCUT2D eigenvalue weighted by atomic mass is 10.0. The first-order valence-corrected chi connectivity index (χ1v) is 11.7. The van der Waals surface area contributed by atoms with Crippen LogP contribution in [0.15, 0.2) is 36.5 Å². The number of aryl methyl sites for hydroxylation is 1. The number of nitrogen functional groups attached to an aromatic ring is 1. The second kappa shape index (κ2) is 12.8. The third-order valence-corrected chi connectivity index (χ3v) is 6.01. The first-order valence-electron chi connectivity index (χ1n) is 11.0. The van der Waals surface area contributed by atoms with Crippen molar-refractivity contribution in [1.82, 2.24) is 24.3 Å². The van der Waals surface area contributed by atoms with Crippen LogP contribution in [0.5, 0.6) is 5.75 Å². The molecule has 0 unspecified atom stereocenters. The number of ether oxygens (including phenoxy) is 1. The number of rotatable bonds is 9. The van der Waals surface area contributed by atoms with Crippen molar-refractivity contribution in [2.45, 2.75) is 19.5 Å². The number of carbonyl (C=O) groups excluding carboxylic acids is 1. The molecule has 3 N–H and O–H groups in total. The minimum absolute atomic E-state index is 0.0485. The maximum atomic E-state index is 13.3. The van der Waals surface area contributed by atoms with E-state index in [0.717, 1.165) is 20.1 Å². The fraction of sp³-hybridized carbons (Fsp3) is 0.250. The second-order valence-electron chi connectivity index (χ2n) is 7.86. The highest BCUT2D eigenvalue weighted by molar-refractivity contribution is 7.92. The summed E-state index contributed by atoms with van der Waals surface area (Å²) in [4.78, 5) is 10.6. The molecule has 38 heavy (non-hydrogen) atoms. The highest BCUT2D eigenvalue weighted by atomic mass is 32.2. The molecule has 4 aromatic rings. The number of anilines is 1. The van der Waals surface area contributed by atoms with E-state index in [-0.39, 0.29) is 41.8 Å². The summed E-state index contributed by atoms with van der Waals surface area (Å²) in [5, 5.41) is 20.5. The van der Waals surface area contributed by atoms with Gasteiger partial charge >= 0.3 is 0 Å². The molecule has 0 fully saturated rings. The molecule has 0 spiro atoms. The van der Waals surface area contributed by atoms with E-state index in [0.29, 0.717) is 28.4 Å². The molecule has 200 valence electrons. The van der Waals surface area contributed by atoms with Crippen LogP contribution in [0.1, 0.15) is 22.7 Å². The molecule has 0 atom stereocenters. The van der Waals surface area contributed by atoms with Crippen LogP contribution in [0, 0.1) is 24.1 Å². The molecule has 14 heteroatoms. The van der Waals surface area contributed by atoms with Crippen molar-refractivity contribution in [3.05, 3.63) is 59.0 Å². The van der Waals surface area contributed by atoms with E-state index < -0.39 is 19.4 Å². The Morgan fingerprint density at radius 3 is 2.61 bits per heavy atom. The van der Waals surface area contributed by atoms with Crippen molar-refractivity contribution in [3.8, 4) is 23.1 Å². The number of nitrogens with two attached hydrogens (primary N) is 1. The molecule has 2 aromatic heterocycles. The quantitative estimate of drug-likeness (QED) is 0.231. The van der Waals surface area contributed by atoms with E-state index in [1.165, 1.54) is 18.3 Å². The smallest absolute Gasteiger partial charge is 0.207 e. The summed E-state index contributed by atoms with van der Waals surface area (Å²) in [7, 11) is 1.57. The topological polar surface area (TPSA) is 124 Å². The molecule has 0 saturated heterocycles. The van der Waals surface area contributed by atoms with E-state index in [1.54, 1.807) is 25.3 Å². The minimum atomic E-state index is -1.25. The first kappa shape index (κ1) is 28.3. The van der Waals surface area contributed by atoms with Gasteiger partial charge in [0.15, 0.2) is 12.3 Å². The van der Waals surface area contributed by atoms with Gasteiger partial charge in [-0.15, -0.1) is 3.89 Å².